The van der Waals surface area contributed by atoms with Gasteiger partial charge in [0.15, 0.2) is 11.5 Å². The van der Waals surface area contributed by atoms with Crippen molar-refractivity contribution in [2.75, 3.05) is 27.3 Å². The number of ether oxygens (including phenoxy) is 2. The average Bonchev–Trinajstić information content (AvgIpc) is 3.23. The molecule has 2 rings (SSSR count). The summed E-state index contributed by atoms with van der Waals surface area (Å²) in [5.41, 5.74) is 1.03. The third-order valence-corrected chi connectivity index (χ3v) is 5.67. The van der Waals surface area contributed by atoms with Crippen LogP contribution in [-0.4, -0.2) is 55.0 Å². The maximum absolute atomic E-state index is 13.3. The first-order chi connectivity index (χ1) is 15.3. The van der Waals surface area contributed by atoms with Gasteiger partial charge in [0.25, 0.3) is 0 Å². The van der Waals surface area contributed by atoms with E-state index in [2.05, 4.69) is 0 Å². The SMILES string of the molecule is CCC(=O)N(CC(=O)N(CCc1ccc(OC)c(OC)c1)Cc1ccc(C)o1)[C@H](C)CC. The van der Waals surface area contributed by atoms with E-state index >= 15 is 0 Å². The van der Waals surface area contributed by atoms with Crippen molar-refractivity contribution in [3.8, 4) is 11.5 Å². The van der Waals surface area contributed by atoms with Gasteiger partial charge in [-0.15, -0.1) is 0 Å². The fraction of sp³-hybridized carbons (Fsp3) is 0.520. The van der Waals surface area contributed by atoms with Crippen LogP contribution in [0.25, 0.3) is 0 Å². The van der Waals surface area contributed by atoms with Crippen LogP contribution in [0.1, 0.15) is 50.7 Å². The molecule has 0 aliphatic heterocycles. The van der Waals surface area contributed by atoms with Gasteiger partial charge in [0, 0.05) is 19.0 Å². The Hall–Kier alpha value is -2.96. The first-order valence-corrected chi connectivity index (χ1v) is 11.2. The van der Waals surface area contributed by atoms with Crippen LogP contribution in [0.3, 0.4) is 0 Å². The number of methoxy groups -OCH3 is 2. The molecule has 2 aromatic rings. The van der Waals surface area contributed by atoms with Crippen LogP contribution in [-0.2, 0) is 22.6 Å². The van der Waals surface area contributed by atoms with E-state index in [0.717, 1.165) is 23.5 Å². The van der Waals surface area contributed by atoms with Crippen molar-refractivity contribution in [2.24, 2.45) is 0 Å². The minimum atomic E-state index is -0.0957. The summed E-state index contributed by atoms with van der Waals surface area (Å²) in [6, 6.07) is 9.52. The maximum atomic E-state index is 13.3. The fourth-order valence-corrected chi connectivity index (χ4v) is 3.51. The summed E-state index contributed by atoms with van der Waals surface area (Å²) in [5, 5.41) is 0. The van der Waals surface area contributed by atoms with E-state index in [1.54, 1.807) is 24.0 Å². The molecule has 0 spiro atoms. The molecule has 0 fully saturated rings. The normalized spacial score (nSPS) is 11.7. The molecule has 0 bridgehead atoms. The monoisotopic (exact) mass is 444 g/mol. The van der Waals surface area contributed by atoms with Crippen molar-refractivity contribution in [3.63, 3.8) is 0 Å². The largest absolute Gasteiger partial charge is 0.493 e. The van der Waals surface area contributed by atoms with Crippen molar-refractivity contribution in [1.29, 1.82) is 0 Å². The third kappa shape index (κ3) is 6.77. The van der Waals surface area contributed by atoms with Crippen LogP contribution in [0.4, 0.5) is 0 Å². The van der Waals surface area contributed by atoms with Gasteiger partial charge in [0.05, 0.1) is 20.8 Å². The summed E-state index contributed by atoms with van der Waals surface area (Å²) < 4.78 is 16.4. The van der Waals surface area contributed by atoms with E-state index in [4.69, 9.17) is 13.9 Å². The molecule has 1 aromatic carbocycles. The van der Waals surface area contributed by atoms with Crippen molar-refractivity contribution in [1.82, 2.24) is 9.80 Å². The van der Waals surface area contributed by atoms with Gasteiger partial charge in [0.2, 0.25) is 11.8 Å². The van der Waals surface area contributed by atoms with Crippen molar-refractivity contribution < 1.29 is 23.5 Å². The third-order valence-electron chi connectivity index (χ3n) is 5.67. The molecule has 1 heterocycles. The summed E-state index contributed by atoms with van der Waals surface area (Å²) in [5.74, 6) is 2.73. The Morgan fingerprint density at radius 2 is 1.75 bits per heavy atom. The topological polar surface area (TPSA) is 72.2 Å². The lowest BCUT2D eigenvalue weighted by Crippen LogP contribution is -2.46. The number of amides is 2. The van der Waals surface area contributed by atoms with E-state index in [1.165, 1.54) is 0 Å². The lowest BCUT2D eigenvalue weighted by molar-refractivity contribution is -0.142. The highest BCUT2D eigenvalue weighted by Gasteiger charge is 2.24. The molecule has 7 nitrogen and oxygen atoms in total. The van der Waals surface area contributed by atoms with Crippen LogP contribution >= 0.6 is 0 Å². The summed E-state index contributed by atoms with van der Waals surface area (Å²) in [6.45, 7) is 8.60. The fourth-order valence-electron chi connectivity index (χ4n) is 3.51. The Morgan fingerprint density at radius 3 is 2.31 bits per heavy atom. The number of furan rings is 1. The lowest BCUT2D eigenvalue weighted by Gasteiger charge is -2.31. The molecule has 176 valence electrons. The zero-order valence-corrected chi connectivity index (χ0v) is 20.1. The predicted octanol–water partition coefficient (Wildman–Crippen LogP) is 4.21. The number of carbonyl (C=O) groups is 2. The molecular formula is C25H36N2O5. The summed E-state index contributed by atoms with van der Waals surface area (Å²) in [4.78, 5) is 29.2. The molecule has 0 aliphatic carbocycles. The average molecular weight is 445 g/mol. The number of aryl methyl sites for hydroxylation is 1. The summed E-state index contributed by atoms with van der Waals surface area (Å²) in [6.07, 6.45) is 1.81. The first-order valence-electron chi connectivity index (χ1n) is 11.2. The Balaban J connectivity index is 2.19. The smallest absolute Gasteiger partial charge is 0.242 e. The maximum Gasteiger partial charge on any atom is 0.242 e. The van der Waals surface area contributed by atoms with E-state index in [9.17, 15) is 9.59 Å². The second-order valence-corrected chi connectivity index (χ2v) is 7.90. The summed E-state index contributed by atoms with van der Waals surface area (Å²) in [7, 11) is 3.20. The van der Waals surface area contributed by atoms with Crippen molar-refractivity contribution >= 4 is 11.8 Å². The number of hydrogen-bond acceptors (Lipinski definition) is 5. The van der Waals surface area contributed by atoms with E-state index < -0.39 is 0 Å². The number of rotatable bonds is 12. The quantitative estimate of drug-likeness (QED) is 0.490. The molecule has 32 heavy (non-hydrogen) atoms. The molecular weight excluding hydrogens is 408 g/mol. The highest BCUT2D eigenvalue weighted by molar-refractivity contribution is 5.85. The molecule has 0 unspecified atom stereocenters. The van der Waals surface area contributed by atoms with Gasteiger partial charge in [-0.05, 0) is 56.5 Å². The molecule has 1 aromatic heterocycles. The zero-order valence-electron chi connectivity index (χ0n) is 20.1. The molecule has 7 heteroatoms. The van der Waals surface area contributed by atoms with E-state index in [1.807, 2.05) is 58.0 Å². The molecule has 2 amide bonds. The van der Waals surface area contributed by atoms with Gasteiger partial charge >= 0.3 is 0 Å². The Morgan fingerprint density at radius 1 is 1.03 bits per heavy atom. The van der Waals surface area contributed by atoms with Gasteiger partial charge in [-0.3, -0.25) is 9.59 Å². The van der Waals surface area contributed by atoms with Gasteiger partial charge < -0.3 is 23.7 Å². The van der Waals surface area contributed by atoms with Gasteiger partial charge in [-0.1, -0.05) is 19.9 Å². The summed E-state index contributed by atoms with van der Waals surface area (Å²) >= 11 is 0. The molecule has 0 saturated heterocycles. The van der Waals surface area contributed by atoms with Crippen LogP contribution in [0.15, 0.2) is 34.7 Å². The number of benzene rings is 1. The van der Waals surface area contributed by atoms with Crippen LogP contribution in [0.5, 0.6) is 11.5 Å². The van der Waals surface area contributed by atoms with Crippen molar-refractivity contribution in [3.05, 3.63) is 47.4 Å². The van der Waals surface area contributed by atoms with Crippen molar-refractivity contribution in [2.45, 2.75) is 59.5 Å². The Bertz CT molecular complexity index is 892. The number of carbonyl (C=O) groups excluding carboxylic acids is 2. The van der Waals surface area contributed by atoms with E-state index in [-0.39, 0.29) is 24.4 Å². The molecule has 1 atom stereocenters. The first kappa shape index (κ1) is 25.3. The van der Waals surface area contributed by atoms with Crippen LogP contribution < -0.4 is 9.47 Å². The lowest BCUT2D eigenvalue weighted by atomic mass is 10.1. The molecule has 0 aliphatic rings. The standard InChI is InChI=1S/C25H36N2O5/c1-7-18(3)27(24(28)8-2)17-25(29)26(16-21-11-9-19(4)32-21)14-13-20-10-12-22(30-5)23(15-20)31-6/h9-12,15,18H,7-8,13-14,16-17H2,1-6H3/t18-/m1/s1. The second-order valence-electron chi connectivity index (χ2n) is 7.90. The van der Waals surface area contributed by atoms with E-state index in [0.29, 0.717) is 37.4 Å². The number of hydrogen-bond donors (Lipinski definition) is 0. The molecule has 0 radical (unpaired) electrons. The second kappa shape index (κ2) is 12.2. The zero-order chi connectivity index (χ0) is 23.7. The van der Waals surface area contributed by atoms with Gasteiger partial charge in [-0.25, -0.2) is 0 Å². The highest BCUT2D eigenvalue weighted by atomic mass is 16.5. The van der Waals surface area contributed by atoms with Crippen LogP contribution in [0.2, 0.25) is 0 Å². The van der Waals surface area contributed by atoms with Gasteiger partial charge in [0.1, 0.15) is 18.1 Å². The number of nitrogens with zero attached hydrogens (tertiary/aromatic N) is 2. The van der Waals surface area contributed by atoms with Crippen LogP contribution in [0, 0.1) is 6.92 Å². The Labute approximate surface area is 191 Å². The molecule has 0 N–H and O–H groups in total. The minimum Gasteiger partial charge on any atom is -0.493 e. The predicted molar refractivity (Wildman–Crippen MR) is 124 cm³/mol. The Kier molecular flexibility index (Phi) is 9.62. The highest BCUT2D eigenvalue weighted by Crippen LogP contribution is 2.27. The minimum absolute atomic E-state index is 0.00459. The molecule has 0 saturated carbocycles. The van der Waals surface area contributed by atoms with Gasteiger partial charge in [-0.2, -0.15) is 0 Å².